The van der Waals surface area contributed by atoms with E-state index in [1.54, 1.807) is 45.9 Å². The number of imidazole rings is 1. The second-order valence-electron chi connectivity index (χ2n) is 4.28. The predicted octanol–water partition coefficient (Wildman–Crippen LogP) is 1.68. The molecule has 0 aliphatic heterocycles. The van der Waals surface area contributed by atoms with Crippen molar-refractivity contribution in [2.75, 3.05) is 27.1 Å². The Hall–Kier alpha value is -2.70. The Bertz CT molecular complexity index is 664. The lowest BCUT2D eigenvalue weighted by Crippen LogP contribution is -1.99. The average molecular weight is 290 g/mol. The van der Waals surface area contributed by atoms with Crippen LogP contribution in [0.2, 0.25) is 0 Å². The molecule has 0 saturated heterocycles. The lowest BCUT2D eigenvalue weighted by molar-refractivity contribution is 0.349. The van der Waals surface area contributed by atoms with E-state index >= 15 is 0 Å². The normalized spacial score (nSPS) is 10.9. The van der Waals surface area contributed by atoms with Crippen molar-refractivity contribution < 1.29 is 14.2 Å². The maximum absolute atomic E-state index is 5.74. The lowest BCUT2D eigenvalue weighted by Gasteiger charge is -2.11. The summed E-state index contributed by atoms with van der Waals surface area (Å²) in [5.41, 5.74) is 7.27. The fourth-order valence-electron chi connectivity index (χ4n) is 1.87. The van der Waals surface area contributed by atoms with Gasteiger partial charge in [0.2, 0.25) is 5.95 Å². The van der Waals surface area contributed by atoms with Crippen molar-refractivity contribution >= 4 is 12.2 Å². The fraction of sp³-hybridized carbons (Fsp3) is 0.286. The topological polar surface area (TPSA) is 83.9 Å². The van der Waals surface area contributed by atoms with Crippen molar-refractivity contribution in [1.29, 1.82) is 0 Å². The van der Waals surface area contributed by atoms with Gasteiger partial charge in [-0.05, 0) is 13.0 Å². The molecule has 7 nitrogen and oxygen atoms in total. The van der Waals surface area contributed by atoms with Gasteiger partial charge in [0, 0.05) is 11.6 Å². The molecule has 0 saturated carbocycles. The summed E-state index contributed by atoms with van der Waals surface area (Å²) in [5, 5.41) is 4.26. The maximum atomic E-state index is 5.74. The Morgan fingerprint density at radius 1 is 1.10 bits per heavy atom. The summed E-state index contributed by atoms with van der Waals surface area (Å²) in [5.74, 6) is 2.12. The first-order chi connectivity index (χ1) is 10.1. The molecule has 0 bridgehead atoms. The van der Waals surface area contributed by atoms with Crippen molar-refractivity contribution in [3.05, 3.63) is 29.6 Å². The quantitative estimate of drug-likeness (QED) is 0.847. The first-order valence-corrected chi connectivity index (χ1v) is 6.25. The summed E-state index contributed by atoms with van der Waals surface area (Å²) >= 11 is 0. The number of rotatable bonds is 5. The number of anilines is 1. The zero-order chi connectivity index (χ0) is 15.4. The van der Waals surface area contributed by atoms with Gasteiger partial charge < -0.3 is 19.9 Å². The Morgan fingerprint density at radius 3 is 2.24 bits per heavy atom. The Labute approximate surface area is 122 Å². The molecule has 1 aromatic heterocycles. The number of hydrogen-bond acceptors (Lipinski definition) is 6. The van der Waals surface area contributed by atoms with Crippen molar-refractivity contribution in [2.24, 2.45) is 5.10 Å². The Morgan fingerprint density at radius 2 is 1.71 bits per heavy atom. The molecular weight excluding hydrogens is 272 g/mol. The first-order valence-electron chi connectivity index (χ1n) is 6.25. The van der Waals surface area contributed by atoms with Crippen LogP contribution in [0.5, 0.6) is 17.2 Å². The van der Waals surface area contributed by atoms with Gasteiger partial charge in [0.05, 0.1) is 39.4 Å². The van der Waals surface area contributed by atoms with E-state index in [2.05, 4.69) is 10.1 Å². The van der Waals surface area contributed by atoms with E-state index in [1.807, 2.05) is 6.92 Å². The van der Waals surface area contributed by atoms with Crippen LogP contribution in [0.3, 0.4) is 0 Å². The molecule has 21 heavy (non-hydrogen) atoms. The van der Waals surface area contributed by atoms with Crippen molar-refractivity contribution in [3.8, 4) is 17.2 Å². The first kappa shape index (κ1) is 14.7. The van der Waals surface area contributed by atoms with Crippen molar-refractivity contribution in [1.82, 2.24) is 9.66 Å². The summed E-state index contributed by atoms with van der Waals surface area (Å²) in [7, 11) is 4.72. The zero-order valence-electron chi connectivity index (χ0n) is 12.5. The van der Waals surface area contributed by atoms with Crippen LogP contribution in [0.4, 0.5) is 5.95 Å². The van der Waals surface area contributed by atoms with Crippen LogP contribution in [0, 0.1) is 6.92 Å². The standard InChI is InChI=1S/C14H18N4O3/c1-9-8-18(14(15)17-9)16-7-10-5-12(20-3)13(21-4)6-11(10)19-2/h5-8H,1-4H3,(H2,15,17). The van der Waals surface area contributed by atoms with E-state index in [0.29, 0.717) is 23.2 Å². The van der Waals surface area contributed by atoms with Crippen LogP contribution < -0.4 is 19.9 Å². The molecule has 1 aromatic carbocycles. The van der Waals surface area contributed by atoms with E-state index in [0.717, 1.165) is 11.3 Å². The monoisotopic (exact) mass is 290 g/mol. The van der Waals surface area contributed by atoms with E-state index in [1.165, 1.54) is 4.68 Å². The summed E-state index contributed by atoms with van der Waals surface area (Å²) < 4.78 is 17.3. The van der Waals surface area contributed by atoms with Crippen molar-refractivity contribution in [3.63, 3.8) is 0 Å². The molecule has 1 heterocycles. The van der Waals surface area contributed by atoms with Crippen molar-refractivity contribution in [2.45, 2.75) is 6.92 Å². The minimum absolute atomic E-state index is 0.322. The van der Waals surface area contributed by atoms with E-state index in [-0.39, 0.29) is 0 Å². The molecule has 0 amide bonds. The van der Waals surface area contributed by atoms with Gasteiger partial charge in [-0.3, -0.25) is 0 Å². The Kier molecular flexibility index (Phi) is 4.32. The molecule has 0 spiro atoms. The minimum Gasteiger partial charge on any atom is -0.496 e. The fourth-order valence-corrected chi connectivity index (χ4v) is 1.87. The van der Waals surface area contributed by atoms with Crippen LogP contribution in [-0.2, 0) is 0 Å². The molecule has 0 atom stereocenters. The number of nitrogen functional groups attached to an aromatic ring is 1. The average Bonchev–Trinajstić information content (AvgIpc) is 2.81. The molecule has 0 fully saturated rings. The zero-order valence-corrected chi connectivity index (χ0v) is 12.5. The minimum atomic E-state index is 0.322. The van der Waals surface area contributed by atoms with Gasteiger partial charge in [-0.2, -0.15) is 5.10 Å². The third kappa shape index (κ3) is 3.07. The largest absolute Gasteiger partial charge is 0.496 e. The van der Waals surface area contributed by atoms with Gasteiger partial charge in [-0.15, -0.1) is 0 Å². The molecular formula is C14H18N4O3. The molecule has 0 unspecified atom stereocenters. The number of nitrogens with two attached hydrogens (primary N) is 1. The maximum Gasteiger partial charge on any atom is 0.221 e. The third-order valence-electron chi connectivity index (χ3n) is 2.89. The molecule has 2 rings (SSSR count). The highest BCUT2D eigenvalue weighted by Crippen LogP contribution is 2.33. The highest BCUT2D eigenvalue weighted by atomic mass is 16.5. The van der Waals surface area contributed by atoms with Crippen LogP contribution >= 0.6 is 0 Å². The van der Waals surface area contributed by atoms with Crippen LogP contribution in [-0.4, -0.2) is 37.2 Å². The SMILES string of the molecule is COc1cc(OC)c(OC)cc1C=Nn1cc(C)nc1N. The van der Waals surface area contributed by atoms with Gasteiger partial charge in [0.1, 0.15) is 5.75 Å². The Balaban J connectivity index is 2.40. The molecule has 0 aliphatic carbocycles. The summed E-state index contributed by atoms with van der Waals surface area (Å²) in [6.45, 7) is 1.85. The number of benzene rings is 1. The highest BCUT2D eigenvalue weighted by Gasteiger charge is 2.10. The number of methoxy groups -OCH3 is 3. The van der Waals surface area contributed by atoms with Gasteiger partial charge in [-0.1, -0.05) is 0 Å². The van der Waals surface area contributed by atoms with Crippen LogP contribution in [0.25, 0.3) is 0 Å². The van der Waals surface area contributed by atoms with Crippen LogP contribution in [0.15, 0.2) is 23.4 Å². The second kappa shape index (κ2) is 6.17. The molecule has 2 aromatic rings. The van der Waals surface area contributed by atoms with Crippen LogP contribution in [0.1, 0.15) is 11.3 Å². The second-order valence-corrected chi connectivity index (χ2v) is 4.28. The lowest BCUT2D eigenvalue weighted by atomic mass is 10.2. The predicted molar refractivity (Wildman–Crippen MR) is 80.5 cm³/mol. The van der Waals surface area contributed by atoms with Gasteiger partial charge in [0.15, 0.2) is 11.5 Å². The number of aryl methyl sites for hydroxylation is 1. The van der Waals surface area contributed by atoms with Gasteiger partial charge >= 0.3 is 0 Å². The number of nitrogens with zero attached hydrogens (tertiary/aromatic N) is 3. The van der Waals surface area contributed by atoms with E-state index in [4.69, 9.17) is 19.9 Å². The molecule has 0 aliphatic rings. The van der Waals surface area contributed by atoms with E-state index in [9.17, 15) is 0 Å². The summed E-state index contributed by atoms with van der Waals surface area (Å²) in [4.78, 5) is 4.08. The molecule has 112 valence electrons. The number of ether oxygens (including phenoxy) is 3. The smallest absolute Gasteiger partial charge is 0.221 e. The number of hydrogen-bond donors (Lipinski definition) is 1. The summed E-state index contributed by atoms with van der Waals surface area (Å²) in [6.07, 6.45) is 3.36. The van der Waals surface area contributed by atoms with Gasteiger partial charge in [0.25, 0.3) is 0 Å². The molecule has 0 radical (unpaired) electrons. The van der Waals surface area contributed by atoms with Gasteiger partial charge in [-0.25, -0.2) is 9.66 Å². The van der Waals surface area contributed by atoms with E-state index < -0.39 is 0 Å². The number of aromatic nitrogens is 2. The summed E-state index contributed by atoms with van der Waals surface area (Å²) in [6, 6.07) is 3.52. The molecule has 2 N–H and O–H groups in total. The molecule has 7 heteroatoms. The third-order valence-corrected chi connectivity index (χ3v) is 2.89. The highest BCUT2D eigenvalue weighted by molar-refractivity contribution is 5.85.